The minimum atomic E-state index is -0.551. The van der Waals surface area contributed by atoms with E-state index in [9.17, 15) is 10.1 Å². The molecule has 0 aliphatic rings. The number of hydrogen-bond donors (Lipinski definition) is 0. The van der Waals surface area contributed by atoms with E-state index in [1.165, 1.54) is 23.9 Å². The van der Waals surface area contributed by atoms with E-state index in [4.69, 9.17) is 10.00 Å². The van der Waals surface area contributed by atoms with Gasteiger partial charge in [-0.2, -0.15) is 5.26 Å². The van der Waals surface area contributed by atoms with Crippen LogP contribution in [0.25, 0.3) is 0 Å². The molecule has 0 saturated heterocycles. The number of nitrogens with zero attached hydrogens (tertiary/aromatic N) is 2. The van der Waals surface area contributed by atoms with E-state index in [-0.39, 0.29) is 11.3 Å². The molecule has 6 heteroatoms. The topological polar surface area (TPSA) is 76.2 Å². The highest BCUT2D eigenvalue weighted by atomic mass is 32.2. The maximum Gasteiger partial charge on any atom is 0.288 e. The predicted octanol–water partition coefficient (Wildman–Crippen LogP) is 3.63. The number of rotatable bonds is 4. The standard InChI is InChI=1S/C14H10N2O3S/c1-19-13-4-2-3-5-14(13)20-11-7-6-10(9-15)12(8-11)16(17)18/h2-8H,1H3. The van der Waals surface area contributed by atoms with Crippen molar-refractivity contribution in [3.05, 3.63) is 58.1 Å². The molecule has 0 bridgehead atoms. The summed E-state index contributed by atoms with van der Waals surface area (Å²) in [5.41, 5.74) is -0.133. The number of nitro benzene ring substituents is 1. The van der Waals surface area contributed by atoms with Crippen molar-refractivity contribution in [2.45, 2.75) is 9.79 Å². The fourth-order valence-corrected chi connectivity index (χ4v) is 2.61. The largest absolute Gasteiger partial charge is 0.496 e. The Bertz CT molecular complexity index is 695. The molecule has 100 valence electrons. The maximum atomic E-state index is 10.9. The maximum absolute atomic E-state index is 10.9. The average Bonchev–Trinajstić information content (AvgIpc) is 2.47. The quantitative estimate of drug-likeness (QED) is 0.633. The van der Waals surface area contributed by atoms with Crippen LogP contribution in [0.3, 0.4) is 0 Å². The number of para-hydroxylation sites is 1. The SMILES string of the molecule is COc1ccccc1Sc1ccc(C#N)c([N+](=O)[O-])c1. The Hall–Kier alpha value is -2.52. The van der Waals surface area contributed by atoms with Gasteiger partial charge in [0, 0.05) is 11.0 Å². The summed E-state index contributed by atoms with van der Waals surface area (Å²) >= 11 is 1.35. The highest BCUT2D eigenvalue weighted by molar-refractivity contribution is 7.99. The second-order valence-corrected chi connectivity index (χ2v) is 4.92. The lowest BCUT2D eigenvalue weighted by Gasteiger charge is -2.07. The number of benzene rings is 2. The van der Waals surface area contributed by atoms with Crippen LogP contribution >= 0.6 is 11.8 Å². The summed E-state index contributed by atoms with van der Waals surface area (Å²) < 4.78 is 5.23. The van der Waals surface area contributed by atoms with Gasteiger partial charge in [-0.3, -0.25) is 10.1 Å². The molecule has 0 aromatic heterocycles. The summed E-state index contributed by atoms with van der Waals surface area (Å²) in [5, 5.41) is 19.8. The first-order chi connectivity index (χ1) is 9.65. The van der Waals surface area contributed by atoms with Crippen LogP contribution in [-0.4, -0.2) is 12.0 Å². The van der Waals surface area contributed by atoms with Gasteiger partial charge in [0.25, 0.3) is 5.69 Å². The van der Waals surface area contributed by atoms with E-state index < -0.39 is 4.92 Å². The molecule has 5 nitrogen and oxygen atoms in total. The van der Waals surface area contributed by atoms with E-state index in [0.29, 0.717) is 10.6 Å². The molecule has 20 heavy (non-hydrogen) atoms. The summed E-state index contributed by atoms with van der Waals surface area (Å²) in [5.74, 6) is 0.699. The van der Waals surface area contributed by atoms with Gasteiger partial charge in [-0.1, -0.05) is 23.9 Å². The third-order valence-corrected chi connectivity index (χ3v) is 3.63. The van der Waals surface area contributed by atoms with Crippen LogP contribution in [0.5, 0.6) is 5.75 Å². The van der Waals surface area contributed by atoms with Gasteiger partial charge in [0.05, 0.1) is 16.9 Å². The minimum absolute atomic E-state index is 0.0550. The van der Waals surface area contributed by atoms with Crippen LogP contribution in [0.15, 0.2) is 52.3 Å². The summed E-state index contributed by atoms with van der Waals surface area (Å²) in [7, 11) is 1.57. The van der Waals surface area contributed by atoms with Crippen molar-refractivity contribution in [1.82, 2.24) is 0 Å². The van der Waals surface area contributed by atoms with Crippen LogP contribution < -0.4 is 4.74 Å². The number of nitriles is 1. The predicted molar refractivity (Wildman–Crippen MR) is 74.9 cm³/mol. The molecule has 2 aromatic rings. The van der Waals surface area contributed by atoms with Crippen molar-refractivity contribution in [3.63, 3.8) is 0 Å². The minimum Gasteiger partial charge on any atom is -0.496 e. The number of methoxy groups -OCH3 is 1. The molecule has 0 N–H and O–H groups in total. The monoisotopic (exact) mass is 286 g/mol. The summed E-state index contributed by atoms with van der Waals surface area (Å²) in [4.78, 5) is 11.9. The molecule has 2 aromatic carbocycles. The summed E-state index contributed by atoms with van der Waals surface area (Å²) in [6.45, 7) is 0. The Kier molecular flexibility index (Phi) is 4.23. The fraction of sp³-hybridized carbons (Fsp3) is 0.0714. The molecular weight excluding hydrogens is 276 g/mol. The highest BCUT2D eigenvalue weighted by Gasteiger charge is 2.15. The van der Waals surface area contributed by atoms with E-state index in [1.807, 2.05) is 30.3 Å². The van der Waals surface area contributed by atoms with Crippen molar-refractivity contribution >= 4 is 17.4 Å². The molecule has 0 radical (unpaired) electrons. The Morgan fingerprint density at radius 1 is 1.30 bits per heavy atom. The number of hydrogen-bond acceptors (Lipinski definition) is 5. The van der Waals surface area contributed by atoms with Crippen LogP contribution in [0.4, 0.5) is 5.69 Å². The molecule has 0 spiro atoms. The second-order valence-electron chi connectivity index (χ2n) is 3.80. The molecule has 0 amide bonds. The zero-order valence-corrected chi connectivity index (χ0v) is 11.4. The molecule has 0 aliphatic carbocycles. The summed E-state index contributed by atoms with van der Waals surface area (Å²) in [6, 6.07) is 13.8. The molecule has 0 aliphatic heterocycles. The molecule has 0 fully saturated rings. The zero-order chi connectivity index (χ0) is 14.5. The molecule has 0 heterocycles. The zero-order valence-electron chi connectivity index (χ0n) is 10.6. The lowest BCUT2D eigenvalue weighted by Crippen LogP contribution is -1.92. The molecule has 0 unspecified atom stereocenters. The van der Waals surface area contributed by atoms with Crippen LogP contribution in [0.2, 0.25) is 0 Å². The first kappa shape index (κ1) is 13.9. The van der Waals surface area contributed by atoms with Gasteiger partial charge < -0.3 is 4.74 Å². The van der Waals surface area contributed by atoms with Crippen molar-refractivity contribution in [3.8, 4) is 11.8 Å². The third kappa shape index (κ3) is 2.90. The van der Waals surface area contributed by atoms with Gasteiger partial charge >= 0.3 is 0 Å². The lowest BCUT2D eigenvalue weighted by molar-refractivity contribution is -0.385. The fourth-order valence-electron chi connectivity index (χ4n) is 1.65. The Morgan fingerprint density at radius 3 is 2.70 bits per heavy atom. The molecule has 2 rings (SSSR count). The smallest absolute Gasteiger partial charge is 0.288 e. The third-order valence-electron chi connectivity index (χ3n) is 2.58. The van der Waals surface area contributed by atoms with Gasteiger partial charge in [-0.25, -0.2) is 0 Å². The van der Waals surface area contributed by atoms with E-state index >= 15 is 0 Å². The van der Waals surface area contributed by atoms with E-state index in [1.54, 1.807) is 13.2 Å². The highest BCUT2D eigenvalue weighted by Crippen LogP contribution is 2.36. The van der Waals surface area contributed by atoms with Gasteiger partial charge in [-0.15, -0.1) is 0 Å². The van der Waals surface area contributed by atoms with E-state index in [2.05, 4.69) is 0 Å². The second kappa shape index (κ2) is 6.08. The number of ether oxygens (including phenoxy) is 1. The first-order valence-electron chi connectivity index (χ1n) is 5.65. The average molecular weight is 286 g/mol. The van der Waals surface area contributed by atoms with Crippen molar-refractivity contribution in [1.29, 1.82) is 5.26 Å². The normalized spacial score (nSPS) is 9.80. The van der Waals surface area contributed by atoms with Gasteiger partial charge in [0.1, 0.15) is 17.4 Å². The van der Waals surface area contributed by atoms with Gasteiger partial charge in [-0.05, 0) is 24.3 Å². The van der Waals surface area contributed by atoms with Crippen LogP contribution in [0.1, 0.15) is 5.56 Å². The van der Waals surface area contributed by atoms with Crippen molar-refractivity contribution in [2.24, 2.45) is 0 Å². The Labute approximate surface area is 120 Å². The lowest BCUT2D eigenvalue weighted by atomic mass is 10.2. The molecule has 0 saturated carbocycles. The van der Waals surface area contributed by atoms with Crippen molar-refractivity contribution in [2.75, 3.05) is 7.11 Å². The molecular formula is C14H10N2O3S. The van der Waals surface area contributed by atoms with Gasteiger partial charge in [0.2, 0.25) is 0 Å². The number of nitro groups is 1. The Balaban J connectivity index is 2.38. The van der Waals surface area contributed by atoms with Crippen LogP contribution in [-0.2, 0) is 0 Å². The van der Waals surface area contributed by atoms with Crippen LogP contribution in [0, 0.1) is 21.4 Å². The van der Waals surface area contributed by atoms with E-state index in [0.717, 1.165) is 4.90 Å². The van der Waals surface area contributed by atoms with Gasteiger partial charge in [0.15, 0.2) is 0 Å². The Morgan fingerprint density at radius 2 is 2.05 bits per heavy atom. The van der Waals surface area contributed by atoms with Crippen molar-refractivity contribution < 1.29 is 9.66 Å². The molecule has 0 atom stereocenters. The first-order valence-corrected chi connectivity index (χ1v) is 6.46. The summed E-state index contributed by atoms with van der Waals surface area (Å²) in [6.07, 6.45) is 0.